The van der Waals surface area contributed by atoms with Crippen LogP contribution in [0.1, 0.15) is 37.1 Å². The first kappa shape index (κ1) is 15.8. The zero-order chi connectivity index (χ0) is 15.4. The minimum atomic E-state index is -0.269. The summed E-state index contributed by atoms with van der Waals surface area (Å²) in [4.78, 5) is 0. The molecule has 0 aliphatic carbocycles. The Morgan fingerprint density at radius 1 is 1.10 bits per heavy atom. The summed E-state index contributed by atoms with van der Waals surface area (Å²) in [5, 5.41) is 4.14. The van der Waals surface area contributed by atoms with Crippen LogP contribution in [0, 0.1) is 5.82 Å². The molecule has 0 bridgehead atoms. The Kier molecular flexibility index (Phi) is 5.21. The van der Waals surface area contributed by atoms with Crippen LogP contribution in [-0.2, 0) is 0 Å². The van der Waals surface area contributed by atoms with Crippen molar-refractivity contribution >= 4 is 11.6 Å². The fourth-order valence-corrected chi connectivity index (χ4v) is 2.58. The van der Waals surface area contributed by atoms with Crippen LogP contribution >= 0.6 is 11.6 Å². The van der Waals surface area contributed by atoms with Crippen molar-refractivity contribution < 1.29 is 9.13 Å². The maximum atomic E-state index is 13.5. The molecule has 112 valence electrons. The Bertz CT molecular complexity index is 617. The monoisotopic (exact) mass is 307 g/mol. The summed E-state index contributed by atoms with van der Waals surface area (Å²) >= 11 is 6.01. The van der Waals surface area contributed by atoms with Gasteiger partial charge in [0.2, 0.25) is 0 Å². The van der Waals surface area contributed by atoms with Gasteiger partial charge in [0.05, 0.1) is 7.11 Å². The van der Waals surface area contributed by atoms with Crippen LogP contribution in [-0.4, -0.2) is 7.11 Å². The number of ether oxygens (including phenoxy) is 1. The Morgan fingerprint density at radius 2 is 1.86 bits per heavy atom. The minimum Gasteiger partial charge on any atom is -0.496 e. The van der Waals surface area contributed by atoms with E-state index in [0.29, 0.717) is 10.8 Å². The van der Waals surface area contributed by atoms with Gasteiger partial charge in [-0.25, -0.2) is 4.39 Å². The molecule has 0 spiro atoms. The third-order valence-corrected chi connectivity index (χ3v) is 3.74. The lowest BCUT2D eigenvalue weighted by molar-refractivity contribution is 0.395. The van der Waals surface area contributed by atoms with Gasteiger partial charge < -0.3 is 10.1 Å². The lowest BCUT2D eigenvalue weighted by atomic mass is 10.0. The molecule has 2 nitrogen and oxygen atoms in total. The van der Waals surface area contributed by atoms with Crippen molar-refractivity contribution in [3.63, 3.8) is 0 Å². The van der Waals surface area contributed by atoms with Gasteiger partial charge in [-0.1, -0.05) is 23.7 Å². The van der Waals surface area contributed by atoms with Crippen LogP contribution in [0.15, 0.2) is 42.5 Å². The van der Waals surface area contributed by atoms with Gasteiger partial charge in [-0.15, -0.1) is 0 Å². The van der Waals surface area contributed by atoms with Gasteiger partial charge in [-0.05, 0) is 49.7 Å². The zero-order valence-corrected chi connectivity index (χ0v) is 13.1. The number of benzene rings is 2. The molecule has 0 saturated heterocycles. The Labute approximate surface area is 129 Å². The molecule has 0 radical (unpaired) electrons. The van der Waals surface area contributed by atoms with E-state index in [0.717, 1.165) is 11.1 Å². The Balaban J connectivity index is 2.17. The molecule has 1 N–H and O–H groups in total. The molecular weight excluding hydrogens is 289 g/mol. The predicted molar refractivity (Wildman–Crippen MR) is 84.4 cm³/mol. The summed E-state index contributed by atoms with van der Waals surface area (Å²) in [5.41, 5.74) is 1.89. The van der Waals surface area contributed by atoms with E-state index in [4.69, 9.17) is 16.3 Å². The summed E-state index contributed by atoms with van der Waals surface area (Å²) in [6.07, 6.45) is 0. The molecule has 0 heterocycles. The van der Waals surface area contributed by atoms with E-state index in [1.807, 2.05) is 38.1 Å². The number of hydrogen-bond donors (Lipinski definition) is 1. The largest absolute Gasteiger partial charge is 0.496 e. The molecule has 0 aliphatic heterocycles. The van der Waals surface area contributed by atoms with Crippen LogP contribution in [0.2, 0.25) is 5.02 Å². The molecule has 0 saturated carbocycles. The third-order valence-electron chi connectivity index (χ3n) is 3.51. The lowest BCUT2D eigenvalue weighted by Gasteiger charge is -2.22. The van der Waals surface area contributed by atoms with E-state index < -0.39 is 0 Å². The Morgan fingerprint density at radius 3 is 2.52 bits per heavy atom. The number of halogens is 2. The van der Waals surface area contributed by atoms with Gasteiger partial charge in [-0.3, -0.25) is 0 Å². The van der Waals surface area contributed by atoms with Crippen molar-refractivity contribution in [2.24, 2.45) is 0 Å². The summed E-state index contributed by atoms with van der Waals surface area (Å²) in [6.45, 7) is 4.03. The van der Waals surface area contributed by atoms with Gasteiger partial charge in [0.15, 0.2) is 0 Å². The summed E-state index contributed by atoms with van der Waals surface area (Å²) < 4.78 is 18.8. The third kappa shape index (κ3) is 3.96. The van der Waals surface area contributed by atoms with Crippen LogP contribution in [0.4, 0.5) is 4.39 Å². The van der Waals surface area contributed by atoms with Crippen molar-refractivity contribution in [3.8, 4) is 5.75 Å². The van der Waals surface area contributed by atoms with Crippen molar-refractivity contribution in [1.82, 2.24) is 5.32 Å². The van der Waals surface area contributed by atoms with E-state index in [2.05, 4.69) is 5.32 Å². The Hall–Kier alpha value is -1.58. The summed E-state index contributed by atoms with van der Waals surface area (Å²) in [5.74, 6) is 0.407. The van der Waals surface area contributed by atoms with Gasteiger partial charge >= 0.3 is 0 Å². The molecule has 21 heavy (non-hydrogen) atoms. The highest BCUT2D eigenvalue weighted by Crippen LogP contribution is 2.28. The first-order chi connectivity index (χ1) is 10.0. The van der Waals surface area contributed by atoms with Crippen molar-refractivity contribution in [3.05, 3.63) is 64.4 Å². The highest BCUT2D eigenvalue weighted by Gasteiger charge is 2.15. The number of nitrogens with one attached hydrogen (secondary N) is 1. The fraction of sp³-hybridized carbons (Fsp3) is 0.294. The maximum Gasteiger partial charge on any atom is 0.123 e. The van der Waals surface area contributed by atoms with Crippen molar-refractivity contribution in [2.75, 3.05) is 7.11 Å². The molecular formula is C17H19ClFNO. The fourth-order valence-electron chi connectivity index (χ4n) is 2.38. The summed E-state index contributed by atoms with van der Waals surface area (Å²) in [6, 6.07) is 12.3. The minimum absolute atomic E-state index is 0.0513. The molecule has 0 fully saturated rings. The zero-order valence-electron chi connectivity index (χ0n) is 12.4. The molecule has 2 unspecified atom stereocenters. The predicted octanol–water partition coefficient (Wildman–Crippen LogP) is 4.90. The lowest BCUT2D eigenvalue weighted by Crippen LogP contribution is -2.23. The van der Waals surface area contributed by atoms with Gasteiger partial charge in [0.25, 0.3) is 0 Å². The van der Waals surface area contributed by atoms with Crippen LogP contribution < -0.4 is 10.1 Å². The molecule has 2 rings (SSSR count). The highest BCUT2D eigenvalue weighted by molar-refractivity contribution is 6.30. The topological polar surface area (TPSA) is 21.3 Å². The number of methoxy groups -OCH3 is 1. The molecule has 4 heteroatoms. The number of hydrogen-bond acceptors (Lipinski definition) is 2. The van der Waals surface area contributed by atoms with Gasteiger partial charge in [0, 0.05) is 22.7 Å². The van der Waals surface area contributed by atoms with Crippen molar-refractivity contribution in [1.29, 1.82) is 0 Å². The summed E-state index contributed by atoms with van der Waals surface area (Å²) in [7, 11) is 1.59. The van der Waals surface area contributed by atoms with E-state index in [1.165, 1.54) is 12.1 Å². The molecule has 2 aromatic rings. The van der Waals surface area contributed by atoms with Gasteiger partial charge in [0.1, 0.15) is 11.6 Å². The second-order valence-corrected chi connectivity index (χ2v) is 5.49. The number of rotatable bonds is 5. The van der Waals surface area contributed by atoms with Crippen molar-refractivity contribution in [2.45, 2.75) is 25.9 Å². The average Bonchev–Trinajstić information content (AvgIpc) is 2.47. The highest BCUT2D eigenvalue weighted by atomic mass is 35.5. The smallest absolute Gasteiger partial charge is 0.123 e. The van der Waals surface area contributed by atoms with Crippen LogP contribution in [0.25, 0.3) is 0 Å². The average molecular weight is 308 g/mol. The molecule has 0 aromatic heterocycles. The second-order valence-electron chi connectivity index (χ2n) is 5.05. The second kappa shape index (κ2) is 6.92. The SMILES string of the molecule is COc1ccc(F)cc1C(C)NC(C)c1cccc(Cl)c1. The first-order valence-electron chi connectivity index (χ1n) is 6.86. The standard InChI is InChI=1S/C17H19ClFNO/c1-11(13-5-4-6-14(18)9-13)20-12(2)16-10-15(19)7-8-17(16)21-3/h4-12,20H,1-3H3. The molecule has 2 aromatic carbocycles. The quantitative estimate of drug-likeness (QED) is 0.848. The van der Waals surface area contributed by atoms with Crippen LogP contribution in [0.3, 0.4) is 0 Å². The van der Waals surface area contributed by atoms with E-state index >= 15 is 0 Å². The van der Waals surface area contributed by atoms with Crippen LogP contribution in [0.5, 0.6) is 5.75 Å². The van der Waals surface area contributed by atoms with E-state index in [1.54, 1.807) is 13.2 Å². The molecule has 0 aliphatic rings. The molecule has 2 atom stereocenters. The van der Waals surface area contributed by atoms with E-state index in [9.17, 15) is 4.39 Å². The van der Waals surface area contributed by atoms with Gasteiger partial charge in [-0.2, -0.15) is 0 Å². The first-order valence-corrected chi connectivity index (χ1v) is 7.24. The van der Waals surface area contributed by atoms with E-state index in [-0.39, 0.29) is 17.9 Å². The molecule has 0 amide bonds. The normalized spacial score (nSPS) is 13.8. The maximum absolute atomic E-state index is 13.5.